The van der Waals surface area contributed by atoms with Gasteiger partial charge in [0.1, 0.15) is 11.5 Å². The van der Waals surface area contributed by atoms with Crippen LogP contribution in [0.5, 0.6) is 17.4 Å². The standard InChI is InChI=1S/C26H23N7O3/c1-32-22-13-29-20-7-5-15(16-10-19(28)25(36-4)30-12-16)9-18(20)24(22)33(26(32)31-14-27)21-8-6-17(34-2)11-23(21)35-3/h5-13H,28H2,1-4H3. The molecule has 0 atom stereocenters. The number of fused-ring (bicyclic) bond motifs is 3. The van der Waals surface area contributed by atoms with Gasteiger partial charge in [-0.25, -0.2) is 4.98 Å². The normalized spacial score (nSPS) is 11.6. The Bertz CT molecular complexity index is 1750. The van der Waals surface area contributed by atoms with E-state index < -0.39 is 0 Å². The fourth-order valence-electron chi connectivity index (χ4n) is 4.35. The molecule has 0 unspecified atom stereocenters. The Morgan fingerprint density at radius 2 is 1.78 bits per heavy atom. The first kappa shape index (κ1) is 22.7. The van der Waals surface area contributed by atoms with Gasteiger partial charge in [0.2, 0.25) is 17.7 Å². The van der Waals surface area contributed by atoms with Crippen molar-refractivity contribution in [1.29, 1.82) is 5.26 Å². The summed E-state index contributed by atoms with van der Waals surface area (Å²) in [4.78, 5) is 13.1. The summed E-state index contributed by atoms with van der Waals surface area (Å²) < 4.78 is 20.0. The molecule has 0 saturated heterocycles. The maximum Gasteiger partial charge on any atom is 0.236 e. The van der Waals surface area contributed by atoms with Crippen molar-refractivity contribution in [2.45, 2.75) is 0 Å². The van der Waals surface area contributed by atoms with Crippen LogP contribution >= 0.6 is 0 Å². The van der Waals surface area contributed by atoms with E-state index in [9.17, 15) is 5.26 Å². The van der Waals surface area contributed by atoms with Crippen LogP contribution in [0.15, 0.2) is 59.9 Å². The second-order valence-electron chi connectivity index (χ2n) is 7.99. The number of aromatic nitrogens is 4. The summed E-state index contributed by atoms with van der Waals surface area (Å²) in [7, 11) is 6.56. The minimum Gasteiger partial charge on any atom is -0.497 e. The average Bonchev–Trinajstić information content (AvgIpc) is 3.19. The second-order valence-corrected chi connectivity index (χ2v) is 7.99. The van der Waals surface area contributed by atoms with Crippen LogP contribution in [-0.2, 0) is 7.05 Å². The van der Waals surface area contributed by atoms with Crippen LogP contribution in [0.3, 0.4) is 0 Å². The van der Waals surface area contributed by atoms with Crippen LogP contribution in [0.25, 0.3) is 38.8 Å². The van der Waals surface area contributed by atoms with Crippen molar-refractivity contribution < 1.29 is 14.2 Å². The van der Waals surface area contributed by atoms with Gasteiger partial charge in [0.05, 0.1) is 55.5 Å². The Morgan fingerprint density at radius 1 is 0.944 bits per heavy atom. The molecular weight excluding hydrogens is 458 g/mol. The zero-order chi connectivity index (χ0) is 25.4. The molecule has 3 heterocycles. The number of nitrogens with zero attached hydrogens (tertiary/aromatic N) is 6. The summed E-state index contributed by atoms with van der Waals surface area (Å²) in [5, 5.41) is 10.3. The fourth-order valence-corrected chi connectivity index (χ4v) is 4.35. The highest BCUT2D eigenvalue weighted by Crippen LogP contribution is 2.34. The molecule has 0 spiro atoms. The van der Waals surface area contributed by atoms with E-state index in [1.54, 1.807) is 32.7 Å². The van der Waals surface area contributed by atoms with Gasteiger partial charge in [-0.3, -0.25) is 9.55 Å². The summed E-state index contributed by atoms with van der Waals surface area (Å²) in [6.45, 7) is 0. The summed E-state index contributed by atoms with van der Waals surface area (Å²) in [5.74, 6) is 1.59. The van der Waals surface area contributed by atoms with Crippen LogP contribution in [0.4, 0.5) is 5.69 Å². The third kappa shape index (κ3) is 3.54. The summed E-state index contributed by atoms with van der Waals surface area (Å²) in [6, 6.07) is 13.2. The van der Waals surface area contributed by atoms with E-state index in [0.717, 1.165) is 33.1 Å². The summed E-state index contributed by atoms with van der Waals surface area (Å²) >= 11 is 0. The first-order chi connectivity index (χ1) is 17.5. The number of nitriles is 1. The Kier molecular flexibility index (Phi) is 5.66. The first-order valence-electron chi connectivity index (χ1n) is 11.0. The van der Waals surface area contributed by atoms with Crippen molar-refractivity contribution in [3.63, 3.8) is 0 Å². The molecule has 3 aromatic heterocycles. The van der Waals surface area contributed by atoms with Gasteiger partial charge < -0.3 is 24.5 Å². The maximum atomic E-state index is 9.48. The number of aryl methyl sites for hydroxylation is 1. The maximum absolute atomic E-state index is 9.48. The van der Waals surface area contributed by atoms with Gasteiger partial charge in [-0.15, -0.1) is 4.99 Å². The number of methoxy groups -OCH3 is 3. The molecule has 0 aliphatic heterocycles. The summed E-state index contributed by atoms with van der Waals surface area (Å²) in [6.07, 6.45) is 5.41. The van der Waals surface area contributed by atoms with Gasteiger partial charge in [0.15, 0.2) is 0 Å². The van der Waals surface area contributed by atoms with Crippen LogP contribution in [0.1, 0.15) is 0 Å². The lowest BCUT2D eigenvalue weighted by Crippen LogP contribution is -2.23. The van der Waals surface area contributed by atoms with Crippen LogP contribution in [-0.4, -0.2) is 40.4 Å². The molecule has 36 heavy (non-hydrogen) atoms. The van der Waals surface area contributed by atoms with Gasteiger partial charge in [-0.05, 0) is 35.9 Å². The zero-order valence-electron chi connectivity index (χ0n) is 20.2. The number of ether oxygens (including phenoxy) is 3. The number of benzene rings is 2. The Labute approximate surface area is 206 Å². The van der Waals surface area contributed by atoms with Crippen molar-refractivity contribution in [2.75, 3.05) is 27.1 Å². The van der Waals surface area contributed by atoms with E-state index in [1.807, 2.05) is 58.8 Å². The lowest BCUT2D eigenvalue weighted by atomic mass is 10.0. The van der Waals surface area contributed by atoms with E-state index in [-0.39, 0.29) is 0 Å². The van der Waals surface area contributed by atoms with Gasteiger partial charge in [-0.1, -0.05) is 6.07 Å². The third-order valence-electron chi connectivity index (χ3n) is 6.09. The van der Waals surface area contributed by atoms with Gasteiger partial charge in [0.25, 0.3) is 0 Å². The lowest BCUT2D eigenvalue weighted by Gasteiger charge is -2.13. The number of pyridine rings is 2. The molecule has 0 saturated carbocycles. The quantitative estimate of drug-likeness (QED) is 0.380. The molecule has 5 rings (SSSR count). The van der Waals surface area contributed by atoms with Crippen molar-refractivity contribution in [1.82, 2.24) is 19.1 Å². The monoisotopic (exact) mass is 481 g/mol. The highest BCUT2D eigenvalue weighted by atomic mass is 16.5. The van der Waals surface area contributed by atoms with E-state index in [0.29, 0.717) is 34.4 Å². The molecule has 0 radical (unpaired) electrons. The van der Waals surface area contributed by atoms with E-state index >= 15 is 0 Å². The molecular formula is C26H23N7O3. The predicted molar refractivity (Wildman–Crippen MR) is 136 cm³/mol. The highest BCUT2D eigenvalue weighted by molar-refractivity contribution is 6.04. The molecule has 180 valence electrons. The minimum absolute atomic E-state index is 0.374. The van der Waals surface area contributed by atoms with Crippen molar-refractivity contribution in [3.8, 4) is 40.4 Å². The highest BCUT2D eigenvalue weighted by Gasteiger charge is 2.19. The number of nitrogen functional groups attached to an aromatic ring is 1. The number of imidazole rings is 1. The molecule has 10 nitrogen and oxygen atoms in total. The van der Waals surface area contributed by atoms with Crippen molar-refractivity contribution in [2.24, 2.45) is 12.0 Å². The fraction of sp³-hybridized carbons (Fsp3) is 0.154. The lowest BCUT2D eigenvalue weighted by molar-refractivity contribution is 0.393. The molecule has 5 aromatic rings. The smallest absolute Gasteiger partial charge is 0.236 e. The average molecular weight is 482 g/mol. The van der Waals surface area contributed by atoms with Gasteiger partial charge in [0, 0.05) is 30.3 Å². The topological polar surface area (TPSA) is 126 Å². The predicted octanol–water partition coefficient (Wildman–Crippen LogP) is 3.57. The first-order valence-corrected chi connectivity index (χ1v) is 11.0. The molecule has 2 N–H and O–H groups in total. The summed E-state index contributed by atoms with van der Waals surface area (Å²) in [5.41, 5.74) is 11.8. The molecule has 0 fully saturated rings. The van der Waals surface area contributed by atoms with Crippen molar-refractivity contribution >= 4 is 27.6 Å². The van der Waals surface area contributed by atoms with E-state index in [4.69, 9.17) is 19.9 Å². The Morgan fingerprint density at radius 3 is 2.47 bits per heavy atom. The van der Waals surface area contributed by atoms with Crippen LogP contribution in [0.2, 0.25) is 0 Å². The molecule has 0 amide bonds. The van der Waals surface area contributed by atoms with Crippen LogP contribution in [0, 0.1) is 11.5 Å². The van der Waals surface area contributed by atoms with Crippen molar-refractivity contribution in [3.05, 3.63) is 60.5 Å². The molecule has 10 heteroatoms. The molecule has 0 aliphatic carbocycles. The molecule has 2 aromatic carbocycles. The minimum atomic E-state index is 0.374. The number of rotatable bonds is 5. The number of nitrogens with two attached hydrogens (primary N) is 1. The van der Waals surface area contributed by atoms with Gasteiger partial charge >= 0.3 is 0 Å². The molecule has 0 aliphatic rings. The number of hydrogen-bond acceptors (Lipinski definition) is 8. The van der Waals surface area contributed by atoms with Gasteiger partial charge in [-0.2, -0.15) is 5.26 Å². The van der Waals surface area contributed by atoms with E-state index in [2.05, 4.69) is 15.0 Å². The number of hydrogen-bond donors (Lipinski definition) is 1. The van der Waals surface area contributed by atoms with Crippen LogP contribution < -0.4 is 25.6 Å². The largest absolute Gasteiger partial charge is 0.497 e. The second kappa shape index (κ2) is 8.96. The Balaban J connectivity index is 1.88. The number of anilines is 1. The third-order valence-corrected chi connectivity index (χ3v) is 6.09. The Hall–Kier alpha value is -5.04. The SMILES string of the molecule is COc1ccc(-n2c(=NC#N)n(C)c3cnc4ccc(-c5cnc(OC)c(N)c5)cc4c32)c(OC)c1. The molecule has 0 bridgehead atoms. The van der Waals surface area contributed by atoms with E-state index in [1.165, 1.54) is 7.11 Å². The zero-order valence-corrected chi connectivity index (χ0v) is 20.2.